The van der Waals surface area contributed by atoms with Crippen LogP contribution in [0.5, 0.6) is 0 Å². The van der Waals surface area contributed by atoms with Gasteiger partial charge in [0.05, 0.1) is 4.92 Å². The molecule has 3 aromatic carbocycles. The van der Waals surface area contributed by atoms with Gasteiger partial charge in [0.25, 0.3) is 5.91 Å². The fourth-order valence-electron chi connectivity index (χ4n) is 3.04. The molecule has 3 N–H and O–H groups in total. The summed E-state index contributed by atoms with van der Waals surface area (Å²) in [6, 6.07) is 19.4. The van der Waals surface area contributed by atoms with Crippen LogP contribution in [0.1, 0.15) is 10.4 Å². The molecule has 0 aliphatic heterocycles. The molecule has 0 atom stereocenters. The lowest BCUT2D eigenvalue weighted by Crippen LogP contribution is -2.30. The maximum atomic E-state index is 12.7. The molecular formula is C21H15ClN6O3. The predicted molar refractivity (Wildman–Crippen MR) is 118 cm³/mol. The molecule has 0 aliphatic carbocycles. The third-order valence-corrected chi connectivity index (χ3v) is 4.66. The molecule has 0 unspecified atom stereocenters. The SMILES string of the molecule is O=C(NNc1ncnc(Nc2cccc(Cl)c2)c1[N+](=O)[O-])c1cccc2ccccc12. The number of amides is 1. The number of anilines is 3. The minimum absolute atomic E-state index is 0.0517. The second-order valence-corrected chi connectivity index (χ2v) is 6.85. The molecule has 0 saturated carbocycles. The standard InChI is InChI=1S/C21H15ClN6O3/c22-14-7-4-8-15(11-14)25-19-18(28(30)31)20(24-12-23-19)26-27-21(29)17-10-3-6-13-5-1-2-9-16(13)17/h1-12H,(H,27,29)(H2,23,24,25,26). The number of rotatable bonds is 6. The van der Waals surface area contributed by atoms with Crippen molar-refractivity contribution in [2.45, 2.75) is 0 Å². The highest BCUT2D eigenvalue weighted by atomic mass is 35.5. The molecule has 0 spiro atoms. The van der Waals surface area contributed by atoms with Crippen molar-refractivity contribution in [2.75, 3.05) is 10.7 Å². The van der Waals surface area contributed by atoms with Gasteiger partial charge in [-0.25, -0.2) is 9.97 Å². The summed E-state index contributed by atoms with van der Waals surface area (Å²) in [6.07, 6.45) is 1.15. The van der Waals surface area contributed by atoms with Crippen molar-refractivity contribution < 1.29 is 9.72 Å². The molecule has 1 heterocycles. The Morgan fingerprint density at radius 3 is 2.52 bits per heavy atom. The van der Waals surface area contributed by atoms with Crippen molar-refractivity contribution in [2.24, 2.45) is 0 Å². The lowest BCUT2D eigenvalue weighted by Gasteiger charge is -2.12. The number of benzene rings is 3. The Bertz CT molecular complexity index is 1290. The monoisotopic (exact) mass is 434 g/mol. The highest BCUT2D eigenvalue weighted by Gasteiger charge is 2.24. The molecule has 9 nitrogen and oxygen atoms in total. The van der Waals surface area contributed by atoms with Gasteiger partial charge in [0.2, 0.25) is 11.6 Å². The third-order valence-electron chi connectivity index (χ3n) is 4.42. The van der Waals surface area contributed by atoms with Gasteiger partial charge < -0.3 is 5.32 Å². The summed E-state index contributed by atoms with van der Waals surface area (Å²) in [6.45, 7) is 0. The number of hydrogen-bond acceptors (Lipinski definition) is 7. The van der Waals surface area contributed by atoms with E-state index in [2.05, 4.69) is 26.1 Å². The Hall–Kier alpha value is -4.24. The van der Waals surface area contributed by atoms with Crippen LogP contribution >= 0.6 is 11.6 Å². The maximum absolute atomic E-state index is 12.7. The minimum atomic E-state index is -0.640. The molecule has 0 bridgehead atoms. The fraction of sp³-hybridized carbons (Fsp3) is 0. The predicted octanol–water partition coefficient (Wildman–Crippen LogP) is 4.69. The summed E-state index contributed by atoms with van der Waals surface area (Å²) >= 11 is 5.96. The van der Waals surface area contributed by atoms with Gasteiger partial charge in [0.15, 0.2) is 0 Å². The van der Waals surface area contributed by atoms with E-state index in [1.54, 1.807) is 36.4 Å². The van der Waals surface area contributed by atoms with Crippen LogP contribution in [0.3, 0.4) is 0 Å². The number of aromatic nitrogens is 2. The first-order valence-corrected chi connectivity index (χ1v) is 9.47. The molecule has 4 aromatic rings. The van der Waals surface area contributed by atoms with Crippen LogP contribution in [-0.4, -0.2) is 20.8 Å². The van der Waals surface area contributed by atoms with Crippen molar-refractivity contribution >= 4 is 51.3 Å². The second-order valence-electron chi connectivity index (χ2n) is 6.42. The minimum Gasteiger partial charge on any atom is -0.334 e. The number of hydrazine groups is 1. The average Bonchev–Trinajstić information content (AvgIpc) is 2.77. The molecule has 0 fully saturated rings. The van der Waals surface area contributed by atoms with Gasteiger partial charge in [0, 0.05) is 16.3 Å². The number of carbonyl (C=O) groups excluding carboxylic acids is 1. The van der Waals surface area contributed by atoms with E-state index < -0.39 is 16.5 Å². The van der Waals surface area contributed by atoms with E-state index in [4.69, 9.17) is 11.6 Å². The molecular weight excluding hydrogens is 420 g/mol. The largest absolute Gasteiger partial charge is 0.355 e. The van der Waals surface area contributed by atoms with Gasteiger partial charge in [-0.3, -0.25) is 25.8 Å². The highest BCUT2D eigenvalue weighted by molar-refractivity contribution is 6.30. The van der Waals surface area contributed by atoms with E-state index in [1.807, 2.05) is 30.3 Å². The Kier molecular flexibility index (Phi) is 5.59. The quantitative estimate of drug-likeness (QED) is 0.297. The van der Waals surface area contributed by atoms with E-state index in [1.165, 1.54) is 0 Å². The number of nitrogens with one attached hydrogen (secondary N) is 3. The van der Waals surface area contributed by atoms with Crippen LogP contribution < -0.4 is 16.2 Å². The first-order valence-electron chi connectivity index (χ1n) is 9.09. The topological polar surface area (TPSA) is 122 Å². The average molecular weight is 435 g/mol. The summed E-state index contributed by atoms with van der Waals surface area (Å²) in [5, 5.41) is 16.7. The summed E-state index contributed by atoms with van der Waals surface area (Å²) in [4.78, 5) is 31.6. The Labute approximate surface area is 181 Å². The molecule has 0 saturated heterocycles. The molecule has 1 aromatic heterocycles. The van der Waals surface area contributed by atoms with Crippen LogP contribution in [0.15, 0.2) is 73.1 Å². The first kappa shape index (κ1) is 20.0. The molecule has 10 heteroatoms. The number of carbonyl (C=O) groups is 1. The van der Waals surface area contributed by atoms with Gasteiger partial charge in [-0.1, -0.05) is 54.1 Å². The summed E-state index contributed by atoms with van der Waals surface area (Å²) < 4.78 is 0. The summed E-state index contributed by atoms with van der Waals surface area (Å²) in [5.74, 6) is -0.684. The van der Waals surface area contributed by atoms with Crippen LogP contribution in [-0.2, 0) is 0 Å². The summed E-state index contributed by atoms with van der Waals surface area (Å²) in [7, 11) is 0. The van der Waals surface area contributed by atoms with Gasteiger partial charge >= 0.3 is 5.69 Å². The molecule has 1 amide bonds. The molecule has 4 rings (SSSR count). The van der Waals surface area contributed by atoms with Crippen molar-refractivity contribution in [1.29, 1.82) is 0 Å². The van der Waals surface area contributed by atoms with Crippen molar-refractivity contribution in [1.82, 2.24) is 15.4 Å². The maximum Gasteiger partial charge on any atom is 0.355 e. The number of nitro groups is 1. The van der Waals surface area contributed by atoms with Crippen molar-refractivity contribution in [3.63, 3.8) is 0 Å². The van der Waals surface area contributed by atoms with E-state index in [0.717, 1.165) is 17.1 Å². The van der Waals surface area contributed by atoms with Crippen LogP contribution in [0.25, 0.3) is 10.8 Å². The normalized spacial score (nSPS) is 10.5. The zero-order valence-electron chi connectivity index (χ0n) is 15.9. The Morgan fingerprint density at radius 2 is 1.71 bits per heavy atom. The number of fused-ring (bicyclic) bond motifs is 1. The molecule has 154 valence electrons. The third kappa shape index (κ3) is 4.36. The zero-order valence-corrected chi connectivity index (χ0v) is 16.6. The van der Waals surface area contributed by atoms with E-state index in [9.17, 15) is 14.9 Å². The highest BCUT2D eigenvalue weighted by Crippen LogP contribution is 2.31. The van der Waals surface area contributed by atoms with Gasteiger partial charge in [-0.05, 0) is 35.0 Å². The lowest BCUT2D eigenvalue weighted by atomic mass is 10.0. The van der Waals surface area contributed by atoms with Crippen molar-refractivity contribution in [3.05, 3.63) is 93.8 Å². The van der Waals surface area contributed by atoms with Crippen LogP contribution in [0.4, 0.5) is 23.0 Å². The van der Waals surface area contributed by atoms with E-state index in [0.29, 0.717) is 16.3 Å². The van der Waals surface area contributed by atoms with Gasteiger partial charge in [-0.2, -0.15) is 0 Å². The van der Waals surface area contributed by atoms with Crippen molar-refractivity contribution in [3.8, 4) is 0 Å². The Balaban J connectivity index is 1.59. The molecule has 0 radical (unpaired) electrons. The van der Waals surface area contributed by atoms with E-state index in [-0.39, 0.29) is 11.6 Å². The fourth-order valence-corrected chi connectivity index (χ4v) is 3.23. The first-order chi connectivity index (χ1) is 15.0. The zero-order chi connectivity index (χ0) is 21.8. The van der Waals surface area contributed by atoms with Crippen LogP contribution in [0.2, 0.25) is 5.02 Å². The number of hydrogen-bond donors (Lipinski definition) is 3. The van der Waals surface area contributed by atoms with E-state index >= 15 is 0 Å². The van der Waals surface area contributed by atoms with Gasteiger partial charge in [0.1, 0.15) is 6.33 Å². The Morgan fingerprint density at radius 1 is 0.968 bits per heavy atom. The molecule has 0 aliphatic rings. The lowest BCUT2D eigenvalue weighted by molar-refractivity contribution is -0.383. The van der Waals surface area contributed by atoms with Gasteiger partial charge in [-0.15, -0.1) is 0 Å². The molecule has 31 heavy (non-hydrogen) atoms. The van der Waals surface area contributed by atoms with Crippen LogP contribution in [0, 0.1) is 10.1 Å². The number of nitrogens with zero attached hydrogens (tertiary/aromatic N) is 3. The smallest absolute Gasteiger partial charge is 0.334 e. The number of halogens is 1. The second kappa shape index (κ2) is 8.64. The summed E-state index contributed by atoms with van der Waals surface area (Å²) in [5.41, 5.74) is 5.51.